The van der Waals surface area contributed by atoms with Crippen molar-refractivity contribution in [2.75, 3.05) is 6.54 Å². The maximum Gasteiger partial charge on any atom is 0.273 e. The number of carbonyl (C=O) groups is 1. The number of aromatic nitrogens is 2. The van der Waals surface area contributed by atoms with Crippen LogP contribution in [0.25, 0.3) is 10.9 Å². The van der Waals surface area contributed by atoms with E-state index in [1.54, 1.807) is 18.3 Å². The molecule has 2 N–H and O–H groups in total. The Kier molecular flexibility index (Phi) is 3.96. The maximum absolute atomic E-state index is 12.1. The van der Waals surface area contributed by atoms with E-state index in [9.17, 15) is 9.90 Å². The van der Waals surface area contributed by atoms with Gasteiger partial charge in [0.2, 0.25) is 0 Å². The highest BCUT2D eigenvalue weighted by atomic mass is 16.3. The van der Waals surface area contributed by atoms with Crippen LogP contribution in [0.4, 0.5) is 0 Å². The summed E-state index contributed by atoms with van der Waals surface area (Å²) in [5.41, 5.74) is 1.52. The van der Waals surface area contributed by atoms with E-state index in [4.69, 9.17) is 0 Å². The number of amides is 1. The zero-order valence-corrected chi connectivity index (χ0v) is 11.9. The largest absolute Gasteiger partial charge is 0.504 e. The summed E-state index contributed by atoms with van der Waals surface area (Å²) < 4.78 is 0. The van der Waals surface area contributed by atoms with E-state index in [0.29, 0.717) is 17.4 Å². The third kappa shape index (κ3) is 2.88. The first kappa shape index (κ1) is 14.0. The molecule has 0 spiro atoms. The monoisotopic (exact) mass is 293 g/mol. The van der Waals surface area contributed by atoms with E-state index in [0.717, 1.165) is 12.0 Å². The molecule has 2 heterocycles. The molecule has 0 fully saturated rings. The smallest absolute Gasteiger partial charge is 0.273 e. The Bertz CT molecular complexity index is 803. The fraction of sp³-hybridized carbons (Fsp3) is 0.118. The minimum atomic E-state index is -0.402. The van der Waals surface area contributed by atoms with Crippen molar-refractivity contribution < 1.29 is 9.90 Å². The number of rotatable bonds is 4. The Balaban J connectivity index is 1.71. The Morgan fingerprint density at radius 1 is 1.09 bits per heavy atom. The van der Waals surface area contributed by atoms with Crippen molar-refractivity contribution in [1.29, 1.82) is 0 Å². The van der Waals surface area contributed by atoms with Gasteiger partial charge < -0.3 is 10.4 Å². The predicted octanol–water partition coefficient (Wildman–Crippen LogP) is 2.31. The van der Waals surface area contributed by atoms with Crippen LogP contribution in [-0.4, -0.2) is 27.5 Å². The second-order valence-electron chi connectivity index (χ2n) is 4.89. The molecule has 3 aromatic rings. The van der Waals surface area contributed by atoms with Gasteiger partial charge in [-0.25, -0.2) is 4.98 Å². The summed E-state index contributed by atoms with van der Waals surface area (Å²) in [6.45, 7) is 0.476. The summed E-state index contributed by atoms with van der Waals surface area (Å²) in [7, 11) is 0. The molecule has 0 radical (unpaired) electrons. The quantitative estimate of drug-likeness (QED) is 0.774. The van der Waals surface area contributed by atoms with Crippen molar-refractivity contribution in [2.24, 2.45) is 0 Å². The van der Waals surface area contributed by atoms with Gasteiger partial charge in [0, 0.05) is 24.3 Å². The predicted molar refractivity (Wildman–Crippen MR) is 83.7 cm³/mol. The molecule has 0 bridgehead atoms. The lowest BCUT2D eigenvalue weighted by Gasteiger charge is -2.07. The lowest BCUT2D eigenvalue weighted by Crippen LogP contribution is -2.26. The van der Waals surface area contributed by atoms with Crippen molar-refractivity contribution in [3.63, 3.8) is 0 Å². The highest BCUT2D eigenvalue weighted by molar-refractivity contribution is 6.00. The number of fused-ring (bicyclic) bond motifs is 1. The summed E-state index contributed by atoms with van der Waals surface area (Å²) in [4.78, 5) is 20.2. The number of carbonyl (C=O) groups excluding carboxylic acids is 1. The summed E-state index contributed by atoms with van der Waals surface area (Å²) >= 11 is 0. The first-order chi connectivity index (χ1) is 10.8. The molecule has 1 aromatic carbocycles. The van der Waals surface area contributed by atoms with Crippen LogP contribution in [0, 0.1) is 0 Å². The minimum absolute atomic E-state index is 0.000684. The molecular weight excluding hydrogens is 278 g/mol. The molecule has 22 heavy (non-hydrogen) atoms. The van der Waals surface area contributed by atoms with Gasteiger partial charge in [-0.3, -0.25) is 9.78 Å². The van der Waals surface area contributed by atoms with E-state index in [-0.39, 0.29) is 11.4 Å². The second-order valence-corrected chi connectivity index (χ2v) is 4.89. The van der Waals surface area contributed by atoms with Gasteiger partial charge >= 0.3 is 0 Å². The molecule has 0 saturated heterocycles. The average molecular weight is 293 g/mol. The molecule has 1 amide bonds. The van der Waals surface area contributed by atoms with Gasteiger partial charge in [0.1, 0.15) is 5.52 Å². The van der Waals surface area contributed by atoms with Gasteiger partial charge in [-0.1, -0.05) is 30.3 Å². The van der Waals surface area contributed by atoms with E-state index in [1.165, 1.54) is 6.20 Å². The van der Waals surface area contributed by atoms with Crippen LogP contribution in [0.2, 0.25) is 0 Å². The van der Waals surface area contributed by atoms with Crippen LogP contribution < -0.4 is 5.32 Å². The van der Waals surface area contributed by atoms with E-state index < -0.39 is 5.91 Å². The maximum atomic E-state index is 12.1. The highest BCUT2D eigenvalue weighted by Gasteiger charge is 2.15. The zero-order valence-electron chi connectivity index (χ0n) is 11.9. The molecule has 0 aliphatic carbocycles. The molecule has 0 aliphatic rings. The molecule has 110 valence electrons. The summed E-state index contributed by atoms with van der Waals surface area (Å²) in [6, 6.07) is 13.4. The van der Waals surface area contributed by atoms with Gasteiger partial charge in [-0.15, -0.1) is 0 Å². The number of hydrogen-bond acceptors (Lipinski definition) is 4. The highest BCUT2D eigenvalue weighted by Crippen LogP contribution is 2.24. The van der Waals surface area contributed by atoms with Gasteiger partial charge in [0.15, 0.2) is 11.4 Å². The Morgan fingerprint density at radius 3 is 2.73 bits per heavy atom. The molecule has 3 rings (SSSR count). The van der Waals surface area contributed by atoms with Crippen LogP contribution in [-0.2, 0) is 6.42 Å². The third-order valence-electron chi connectivity index (χ3n) is 3.38. The SMILES string of the molecule is O=C(NCCc1ccccc1)c1ncc2cccnc2c1O. The molecule has 2 aromatic heterocycles. The van der Waals surface area contributed by atoms with E-state index in [2.05, 4.69) is 15.3 Å². The van der Waals surface area contributed by atoms with Gasteiger partial charge in [-0.2, -0.15) is 0 Å². The standard InChI is InChI=1S/C17H15N3O2/c21-16-14-13(7-4-9-18-14)11-20-15(16)17(22)19-10-8-12-5-2-1-3-6-12/h1-7,9,11,21H,8,10H2,(H,19,22). The number of pyridine rings is 2. The molecule has 0 atom stereocenters. The Labute approximate surface area is 127 Å². The molecule has 5 nitrogen and oxygen atoms in total. The summed E-state index contributed by atoms with van der Waals surface area (Å²) in [5, 5.41) is 13.6. The first-order valence-electron chi connectivity index (χ1n) is 7.00. The molecular formula is C17H15N3O2. The van der Waals surface area contributed by atoms with Crippen LogP contribution in [0.5, 0.6) is 5.75 Å². The first-order valence-corrected chi connectivity index (χ1v) is 7.00. The fourth-order valence-electron chi connectivity index (χ4n) is 2.24. The average Bonchev–Trinajstić information content (AvgIpc) is 2.56. The van der Waals surface area contributed by atoms with Gasteiger partial charge in [-0.05, 0) is 24.1 Å². The van der Waals surface area contributed by atoms with Gasteiger partial charge in [0.05, 0.1) is 0 Å². The van der Waals surface area contributed by atoms with Crippen molar-refractivity contribution in [2.45, 2.75) is 6.42 Å². The van der Waals surface area contributed by atoms with E-state index >= 15 is 0 Å². The summed E-state index contributed by atoms with van der Waals surface area (Å²) in [5.74, 6) is -0.587. The second kappa shape index (κ2) is 6.22. The number of nitrogens with one attached hydrogen (secondary N) is 1. The van der Waals surface area contributed by atoms with Crippen molar-refractivity contribution in [1.82, 2.24) is 15.3 Å². The van der Waals surface area contributed by atoms with Crippen LogP contribution >= 0.6 is 0 Å². The topological polar surface area (TPSA) is 75.1 Å². The number of nitrogens with zero attached hydrogens (tertiary/aromatic N) is 2. The number of hydrogen-bond donors (Lipinski definition) is 2. The van der Waals surface area contributed by atoms with Crippen molar-refractivity contribution in [3.8, 4) is 5.75 Å². The molecule has 0 unspecified atom stereocenters. The van der Waals surface area contributed by atoms with Crippen molar-refractivity contribution in [3.05, 3.63) is 66.1 Å². The van der Waals surface area contributed by atoms with Crippen LogP contribution in [0.15, 0.2) is 54.9 Å². The molecule has 0 aliphatic heterocycles. The lowest BCUT2D eigenvalue weighted by molar-refractivity contribution is 0.0946. The van der Waals surface area contributed by atoms with Crippen LogP contribution in [0.1, 0.15) is 16.1 Å². The minimum Gasteiger partial charge on any atom is -0.504 e. The Morgan fingerprint density at radius 2 is 1.91 bits per heavy atom. The molecule has 0 saturated carbocycles. The van der Waals surface area contributed by atoms with E-state index in [1.807, 2.05) is 30.3 Å². The number of benzene rings is 1. The fourth-order valence-corrected chi connectivity index (χ4v) is 2.24. The van der Waals surface area contributed by atoms with Crippen molar-refractivity contribution >= 4 is 16.8 Å². The Hall–Kier alpha value is -2.95. The number of aromatic hydroxyl groups is 1. The zero-order chi connectivity index (χ0) is 15.4. The third-order valence-corrected chi connectivity index (χ3v) is 3.38. The normalized spacial score (nSPS) is 10.5. The lowest BCUT2D eigenvalue weighted by atomic mass is 10.1. The molecule has 5 heteroatoms. The van der Waals surface area contributed by atoms with Gasteiger partial charge in [0.25, 0.3) is 5.91 Å². The van der Waals surface area contributed by atoms with Crippen LogP contribution in [0.3, 0.4) is 0 Å². The summed E-state index contributed by atoms with van der Waals surface area (Å²) in [6.07, 6.45) is 3.83.